The van der Waals surface area contributed by atoms with E-state index in [9.17, 15) is 9.59 Å². The molecule has 6 nitrogen and oxygen atoms in total. The van der Waals surface area contributed by atoms with E-state index in [1.807, 2.05) is 0 Å². The van der Waals surface area contributed by atoms with Crippen LogP contribution < -0.4 is 0 Å². The van der Waals surface area contributed by atoms with Crippen LogP contribution in [-0.4, -0.2) is 37.4 Å². The fourth-order valence-corrected chi connectivity index (χ4v) is 1.72. The first-order chi connectivity index (χ1) is 11.5. The van der Waals surface area contributed by atoms with Crippen LogP contribution in [0.1, 0.15) is 34.6 Å². The molecule has 0 saturated carbocycles. The lowest BCUT2D eigenvalue weighted by Gasteiger charge is -2.14. The van der Waals surface area contributed by atoms with E-state index in [0.717, 1.165) is 0 Å². The van der Waals surface area contributed by atoms with Gasteiger partial charge in [0.05, 0.1) is 23.7 Å². The third kappa shape index (κ3) is 6.56. The number of carbonyl (C=O) groups excluding carboxylic acids is 2. The summed E-state index contributed by atoms with van der Waals surface area (Å²) >= 11 is 0. The molecule has 2 unspecified atom stereocenters. The molecule has 1 rings (SSSR count). The van der Waals surface area contributed by atoms with Crippen LogP contribution in [0.15, 0.2) is 49.9 Å². The van der Waals surface area contributed by atoms with Crippen molar-refractivity contribution >= 4 is 11.9 Å². The zero-order valence-electron chi connectivity index (χ0n) is 13.9. The fraction of sp³-hybridized carbons (Fsp3) is 0.333. The van der Waals surface area contributed by atoms with E-state index in [0.29, 0.717) is 11.1 Å². The predicted molar refractivity (Wildman–Crippen MR) is 88.5 cm³/mol. The van der Waals surface area contributed by atoms with E-state index in [4.69, 9.17) is 18.9 Å². The monoisotopic (exact) mass is 334 g/mol. The van der Waals surface area contributed by atoms with Crippen LogP contribution in [0.4, 0.5) is 0 Å². The number of ether oxygens (including phenoxy) is 4. The molecule has 1 aromatic rings. The normalized spacial score (nSPS) is 12.4. The van der Waals surface area contributed by atoms with Gasteiger partial charge in [0.15, 0.2) is 0 Å². The van der Waals surface area contributed by atoms with Crippen LogP contribution in [0.3, 0.4) is 0 Å². The Labute approximate surface area is 141 Å². The first-order valence-corrected chi connectivity index (χ1v) is 7.45. The molecule has 1 aromatic carbocycles. The lowest BCUT2D eigenvalue weighted by Crippen LogP contribution is -2.20. The van der Waals surface area contributed by atoms with Crippen molar-refractivity contribution in [2.45, 2.75) is 26.1 Å². The first kappa shape index (κ1) is 19.3. The highest BCUT2D eigenvalue weighted by atomic mass is 16.6. The molecule has 0 fully saturated rings. The number of esters is 2. The highest BCUT2D eigenvalue weighted by molar-refractivity contribution is 5.93. The molecule has 130 valence electrons. The molecule has 0 spiro atoms. The van der Waals surface area contributed by atoms with Gasteiger partial charge in [0.2, 0.25) is 0 Å². The van der Waals surface area contributed by atoms with E-state index in [2.05, 4.69) is 13.2 Å². The molecular formula is C18H22O6. The molecule has 0 saturated heterocycles. The van der Waals surface area contributed by atoms with Crippen molar-refractivity contribution in [1.29, 1.82) is 0 Å². The molecule has 0 aromatic heterocycles. The Hall–Kier alpha value is -2.76. The van der Waals surface area contributed by atoms with Crippen LogP contribution in [0.25, 0.3) is 0 Å². The van der Waals surface area contributed by atoms with Gasteiger partial charge in [-0.15, -0.1) is 0 Å². The second kappa shape index (κ2) is 10.1. The van der Waals surface area contributed by atoms with E-state index in [-0.39, 0.29) is 13.2 Å². The number of hydrogen-bond acceptors (Lipinski definition) is 6. The SMILES string of the molecule is C=COCC(C)OC(=O)c1ccc(C(=O)OC(C)COC=C)cc1. The average molecular weight is 334 g/mol. The van der Waals surface area contributed by atoms with E-state index >= 15 is 0 Å². The zero-order chi connectivity index (χ0) is 17.9. The summed E-state index contributed by atoms with van der Waals surface area (Å²) in [6.45, 7) is 10.7. The number of rotatable bonds is 10. The third-order valence-corrected chi connectivity index (χ3v) is 2.87. The van der Waals surface area contributed by atoms with Crippen molar-refractivity contribution < 1.29 is 28.5 Å². The summed E-state index contributed by atoms with van der Waals surface area (Å²) < 4.78 is 20.3. The molecule has 0 amide bonds. The minimum absolute atomic E-state index is 0.227. The molecule has 0 bridgehead atoms. The van der Waals surface area contributed by atoms with E-state index in [1.54, 1.807) is 13.8 Å². The van der Waals surface area contributed by atoms with Crippen LogP contribution in [-0.2, 0) is 18.9 Å². The highest BCUT2D eigenvalue weighted by Gasteiger charge is 2.15. The Morgan fingerprint density at radius 2 is 1.21 bits per heavy atom. The summed E-state index contributed by atoms with van der Waals surface area (Å²) in [5, 5.41) is 0. The van der Waals surface area contributed by atoms with E-state index < -0.39 is 24.1 Å². The van der Waals surface area contributed by atoms with Crippen molar-refractivity contribution in [1.82, 2.24) is 0 Å². The van der Waals surface area contributed by atoms with Gasteiger partial charge in [0.25, 0.3) is 0 Å². The highest BCUT2D eigenvalue weighted by Crippen LogP contribution is 2.10. The maximum absolute atomic E-state index is 11.9. The maximum atomic E-state index is 11.9. The van der Waals surface area contributed by atoms with Gasteiger partial charge in [0.1, 0.15) is 25.4 Å². The molecule has 2 atom stereocenters. The minimum Gasteiger partial charge on any atom is -0.498 e. The molecule has 6 heteroatoms. The van der Waals surface area contributed by atoms with Crippen molar-refractivity contribution in [3.05, 3.63) is 61.1 Å². The van der Waals surface area contributed by atoms with Crippen LogP contribution in [0, 0.1) is 0 Å². The van der Waals surface area contributed by atoms with Gasteiger partial charge in [-0.25, -0.2) is 9.59 Å². The van der Waals surface area contributed by atoms with Crippen molar-refractivity contribution in [2.75, 3.05) is 13.2 Å². The maximum Gasteiger partial charge on any atom is 0.338 e. The first-order valence-electron chi connectivity index (χ1n) is 7.45. The lowest BCUT2D eigenvalue weighted by atomic mass is 10.1. The standard InChI is InChI=1S/C18H22O6/c1-5-21-11-13(3)23-17(19)15-7-9-16(10-8-15)18(20)24-14(4)12-22-6-2/h5-10,13-14H,1-2,11-12H2,3-4H3. The Morgan fingerprint density at radius 3 is 1.50 bits per heavy atom. The van der Waals surface area contributed by atoms with Crippen LogP contribution in [0.2, 0.25) is 0 Å². The summed E-state index contributed by atoms with van der Waals surface area (Å²) in [4.78, 5) is 23.9. The lowest BCUT2D eigenvalue weighted by molar-refractivity contribution is 0.0163. The Kier molecular flexibility index (Phi) is 8.11. The van der Waals surface area contributed by atoms with Crippen LogP contribution >= 0.6 is 0 Å². The fourth-order valence-electron chi connectivity index (χ4n) is 1.72. The molecule has 0 aliphatic rings. The van der Waals surface area contributed by atoms with Crippen LogP contribution in [0.5, 0.6) is 0 Å². The van der Waals surface area contributed by atoms with Gasteiger partial charge < -0.3 is 18.9 Å². The molecule has 0 radical (unpaired) electrons. The summed E-state index contributed by atoms with van der Waals surface area (Å²) in [5.74, 6) is -0.995. The summed E-state index contributed by atoms with van der Waals surface area (Å²) in [6, 6.07) is 6.02. The van der Waals surface area contributed by atoms with Crippen molar-refractivity contribution in [3.8, 4) is 0 Å². The van der Waals surface area contributed by atoms with Gasteiger partial charge in [-0.05, 0) is 38.1 Å². The molecule has 0 aliphatic heterocycles. The van der Waals surface area contributed by atoms with Crippen molar-refractivity contribution in [3.63, 3.8) is 0 Å². The predicted octanol–water partition coefficient (Wildman–Crippen LogP) is 3.10. The second-order valence-corrected chi connectivity index (χ2v) is 5.01. The molecule has 0 N–H and O–H groups in total. The number of carbonyl (C=O) groups is 2. The van der Waals surface area contributed by atoms with Gasteiger partial charge in [-0.2, -0.15) is 0 Å². The Balaban J connectivity index is 2.58. The summed E-state index contributed by atoms with van der Waals surface area (Å²) in [7, 11) is 0. The third-order valence-electron chi connectivity index (χ3n) is 2.87. The molecule has 24 heavy (non-hydrogen) atoms. The largest absolute Gasteiger partial charge is 0.498 e. The zero-order valence-corrected chi connectivity index (χ0v) is 13.9. The summed E-state index contributed by atoms with van der Waals surface area (Å²) in [6.07, 6.45) is 1.74. The average Bonchev–Trinajstić information content (AvgIpc) is 2.58. The quantitative estimate of drug-likeness (QED) is 0.484. The van der Waals surface area contributed by atoms with Crippen molar-refractivity contribution in [2.24, 2.45) is 0 Å². The Bertz CT molecular complexity index is 512. The molecular weight excluding hydrogens is 312 g/mol. The topological polar surface area (TPSA) is 71.1 Å². The molecule has 0 heterocycles. The van der Waals surface area contributed by atoms with E-state index in [1.165, 1.54) is 36.8 Å². The van der Waals surface area contributed by atoms with Gasteiger partial charge >= 0.3 is 11.9 Å². The van der Waals surface area contributed by atoms with Gasteiger partial charge in [-0.1, -0.05) is 13.2 Å². The number of benzene rings is 1. The summed E-state index contributed by atoms with van der Waals surface area (Å²) in [5.41, 5.74) is 0.667. The Morgan fingerprint density at radius 1 is 0.875 bits per heavy atom. The number of hydrogen-bond donors (Lipinski definition) is 0. The smallest absolute Gasteiger partial charge is 0.338 e. The second-order valence-electron chi connectivity index (χ2n) is 5.01. The minimum atomic E-state index is -0.497. The molecule has 0 aliphatic carbocycles. The van der Waals surface area contributed by atoms with Gasteiger partial charge in [0, 0.05) is 0 Å². The van der Waals surface area contributed by atoms with Gasteiger partial charge in [-0.3, -0.25) is 0 Å².